The molecule has 0 amide bonds. The smallest absolute Gasteiger partial charge is 0.383 e. The molecule has 21 heavy (non-hydrogen) atoms. The molecule has 2 aliphatic rings. The Morgan fingerprint density at radius 3 is 2.24 bits per heavy atom. The molecule has 0 spiro atoms. The van der Waals surface area contributed by atoms with Crippen LogP contribution in [0.2, 0.25) is 0 Å². The van der Waals surface area contributed by atoms with Gasteiger partial charge in [-0.2, -0.15) is 13.2 Å². The summed E-state index contributed by atoms with van der Waals surface area (Å²) in [5.74, 6) is 1.08. The predicted molar refractivity (Wildman–Crippen MR) is 74.1 cm³/mol. The Morgan fingerprint density at radius 2 is 1.71 bits per heavy atom. The third-order valence-electron chi connectivity index (χ3n) is 4.37. The van der Waals surface area contributed by atoms with Crippen LogP contribution < -0.4 is 10.6 Å². The first kappa shape index (κ1) is 14.4. The van der Waals surface area contributed by atoms with Crippen molar-refractivity contribution in [3.63, 3.8) is 0 Å². The average Bonchev–Trinajstić information content (AvgIpc) is 3.25. The van der Waals surface area contributed by atoms with Gasteiger partial charge in [-0.05, 0) is 32.6 Å². The minimum atomic E-state index is -4.09. The van der Waals surface area contributed by atoms with Gasteiger partial charge in [0.25, 0.3) is 0 Å². The third-order valence-corrected chi connectivity index (χ3v) is 4.37. The Balaban J connectivity index is 1.78. The van der Waals surface area contributed by atoms with E-state index in [-0.39, 0.29) is 12.8 Å². The topological polar surface area (TPSA) is 55.0 Å². The van der Waals surface area contributed by atoms with Crippen molar-refractivity contribution >= 4 is 11.6 Å². The molecule has 116 valence electrons. The van der Waals surface area contributed by atoms with Crippen molar-refractivity contribution in [2.24, 2.45) is 5.92 Å². The monoisotopic (exact) mass is 300 g/mol. The molecule has 0 bridgehead atoms. The van der Waals surface area contributed by atoms with Crippen molar-refractivity contribution in [2.75, 3.05) is 23.7 Å². The molecule has 1 saturated carbocycles. The number of hydrogen-bond acceptors (Lipinski definition) is 4. The van der Waals surface area contributed by atoms with Crippen molar-refractivity contribution in [3.05, 3.63) is 11.4 Å². The normalized spacial score (nSPS) is 20.9. The van der Waals surface area contributed by atoms with Gasteiger partial charge in [-0.25, -0.2) is 9.97 Å². The molecule has 2 heterocycles. The van der Waals surface area contributed by atoms with Crippen LogP contribution in [-0.4, -0.2) is 29.2 Å². The van der Waals surface area contributed by atoms with E-state index < -0.39 is 12.1 Å². The average molecular weight is 300 g/mol. The van der Waals surface area contributed by atoms with Crippen LogP contribution in [0.1, 0.15) is 43.0 Å². The van der Waals surface area contributed by atoms with Gasteiger partial charge in [-0.3, -0.25) is 0 Å². The molecular formula is C14H19F3N4. The van der Waals surface area contributed by atoms with Gasteiger partial charge in [0.1, 0.15) is 17.5 Å². The summed E-state index contributed by atoms with van der Waals surface area (Å²) in [6.07, 6.45) is -1.72. The van der Waals surface area contributed by atoms with Gasteiger partial charge in [0.2, 0.25) is 0 Å². The number of nitrogens with two attached hydrogens (primary N) is 1. The summed E-state index contributed by atoms with van der Waals surface area (Å²) in [7, 11) is 0. The van der Waals surface area contributed by atoms with E-state index in [1.807, 2.05) is 11.8 Å². The molecule has 1 aliphatic heterocycles. The van der Waals surface area contributed by atoms with E-state index in [1.165, 1.54) is 0 Å². The summed E-state index contributed by atoms with van der Waals surface area (Å²) in [4.78, 5) is 10.8. The fourth-order valence-corrected chi connectivity index (χ4v) is 2.79. The molecule has 2 fully saturated rings. The fraction of sp³-hybridized carbons (Fsp3) is 0.714. The zero-order chi connectivity index (χ0) is 15.2. The second kappa shape index (κ2) is 5.03. The molecule has 0 aromatic carbocycles. The maximum absolute atomic E-state index is 12.7. The van der Waals surface area contributed by atoms with Gasteiger partial charge in [0.05, 0.1) is 5.92 Å². The van der Waals surface area contributed by atoms with Gasteiger partial charge in [-0.15, -0.1) is 0 Å². The fourth-order valence-electron chi connectivity index (χ4n) is 2.79. The van der Waals surface area contributed by atoms with Gasteiger partial charge in [0.15, 0.2) is 0 Å². The van der Waals surface area contributed by atoms with Crippen molar-refractivity contribution in [1.29, 1.82) is 0 Å². The lowest BCUT2D eigenvalue weighted by Gasteiger charge is -2.34. The van der Waals surface area contributed by atoms with Gasteiger partial charge in [0, 0.05) is 24.6 Å². The van der Waals surface area contributed by atoms with Crippen molar-refractivity contribution in [1.82, 2.24) is 9.97 Å². The number of aromatic nitrogens is 2. The minimum Gasteiger partial charge on any atom is -0.383 e. The number of nitrogens with zero attached hydrogens (tertiary/aromatic N) is 3. The predicted octanol–water partition coefficient (Wildman–Crippen LogP) is 3.02. The highest BCUT2D eigenvalue weighted by Gasteiger charge is 2.41. The molecule has 0 atom stereocenters. The molecule has 1 aromatic heterocycles. The number of hydrogen-bond donors (Lipinski definition) is 1. The Kier molecular flexibility index (Phi) is 3.45. The Morgan fingerprint density at radius 1 is 1.10 bits per heavy atom. The first-order chi connectivity index (χ1) is 9.86. The van der Waals surface area contributed by atoms with Gasteiger partial charge >= 0.3 is 6.18 Å². The zero-order valence-corrected chi connectivity index (χ0v) is 12.0. The van der Waals surface area contributed by atoms with Crippen LogP contribution in [-0.2, 0) is 0 Å². The molecule has 3 rings (SSSR count). The lowest BCUT2D eigenvalue weighted by molar-refractivity contribution is -0.179. The zero-order valence-electron chi connectivity index (χ0n) is 12.0. The van der Waals surface area contributed by atoms with Crippen molar-refractivity contribution < 1.29 is 13.2 Å². The van der Waals surface area contributed by atoms with Crippen LogP contribution in [0.3, 0.4) is 0 Å². The lowest BCUT2D eigenvalue weighted by Crippen LogP contribution is -2.39. The molecule has 0 unspecified atom stereocenters. The van der Waals surface area contributed by atoms with Crippen LogP contribution in [0.15, 0.2) is 0 Å². The van der Waals surface area contributed by atoms with Crippen LogP contribution >= 0.6 is 0 Å². The number of halogens is 3. The van der Waals surface area contributed by atoms with Gasteiger partial charge in [-0.1, -0.05) is 0 Å². The summed E-state index contributed by atoms with van der Waals surface area (Å²) < 4.78 is 38.2. The van der Waals surface area contributed by atoms with E-state index >= 15 is 0 Å². The Hall–Kier alpha value is -1.53. The quantitative estimate of drug-likeness (QED) is 0.912. The highest BCUT2D eigenvalue weighted by molar-refractivity contribution is 5.57. The molecule has 1 aliphatic carbocycles. The number of anilines is 2. The van der Waals surface area contributed by atoms with E-state index in [2.05, 4.69) is 9.97 Å². The van der Waals surface area contributed by atoms with E-state index in [0.29, 0.717) is 30.6 Å². The molecule has 0 radical (unpaired) electrons. The summed E-state index contributed by atoms with van der Waals surface area (Å²) in [6.45, 7) is 2.56. The largest absolute Gasteiger partial charge is 0.391 e. The SMILES string of the molecule is Cc1c(N)nc(C2CC2)nc1N1CCC(C(F)(F)F)CC1. The number of nitrogen functional groups attached to an aromatic ring is 1. The second-order valence-corrected chi connectivity index (χ2v) is 5.99. The van der Waals surface area contributed by atoms with Crippen LogP contribution in [0.4, 0.5) is 24.8 Å². The maximum Gasteiger partial charge on any atom is 0.391 e. The van der Waals surface area contributed by atoms with Crippen molar-refractivity contribution in [3.8, 4) is 0 Å². The van der Waals surface area contributed by atoms with Crippen LogP contribution in [0.25, 0.3) is 0 Å². The van der Waals surface area contributed by atoms with E-state index in [4.69, 9.17) is 5.73 Å². The molecular weight excluding hydrogens is 281 g/mol. The molecule has 4 nitrogen and oxygen atoms in total. The Bertz CT molecular complexity index is 532. The van der Waals surface area contributed by atoms with Crippen LogP contribution in [0.5, 0.6) is 0 Å². The molecule has 2 N–H and O–H groups in total. The molecule has 7 heteroatoms. The minimum absolute atomic E-state index is 0.117. The van der Waals surface area contributed by atoms with Gasteiger partial charge < -0.3 is 10.6 Å². The van der Waals surface area contributed by atoms with Crippen LogP contribution in [0, 0.1) is 12.8 Å². The summed E-state index contributed by atoms with van der Waals surface area (Å²) in [6, 6.07) is 0. The van der Waals surface area contributed by atoms with Crippen molar-refractivity contribution in [2.45, 2.75) is 44.7 Å². The molecule has 1 aromatic rings. The summed E-state index contributed by atoms with van der Waals surface area (Å²) in [5.41, 5.74) is 6.70. The standard InChI is InChI=1S/C14H19F3N4/c1-8-11(18)19-12(9-2-3-9)20-13(8)21-6-4-10(5-7-21)14(15,16)17/h9-10H,2-7H2,1H3,(H2,18,19,20). The highest BCUT2D eigenvalue weighted by atomic mass is 19.4. The first-order valence-electron chi connectivity index (χ1n) is 7.32. The number of piperidine rings is 1. The highest BCUT2D eigenvalue weighted by Crippen LogP contribution is 2.40. The van der Waals surface area contributed by atoms with E-state index in [0.717, 1.165) is 24.2 Å². The second-order valence-electron chi connectivity index (χ2n) is 5.99. The number of rotatable bonds is 2. The van der Waals surface area contributed by atoms with E-state index in [1.54, 1.807) is 0 Å². The van der Waals surface area contributed by atoms with E-state index in [9.17, 15) is 13.2 Å². The number of alkyl halides is 3. The molecule has 1 saturated heterocycles. The maximum atomic E-state index is 12.7. The summed E-state index contributed by atoms with van der Waals surface area (Å²) in [5, 5.41) is 0. The first-order valence-corrected chi connectivity index (χ1v) is 7.32. The Labute approximate surface area is 121 Å². The third kappa shape index (κ3) is 2.91. The summed E-state index contributed by atoms with van der Waals surface area (Å²) >= 11 is 0. The lowest BCUT2D eigenvalue weighted by atomic mass is 9.96.